The van der Waals surface area contributed by atoms with E-state index in [0.717, 1.165) is 37.1 Å². The van der Waals surface area contributed by atoms with Crippen molar-refractivity contribution in [2.24, 2.45) is 0 Å². The number of thiazole rings is 1. The molecule has 0 bridgehead atoms. The van der Waals surface area contributed by atoms with Crippen LogP contribution in [0, 0.1) is 0 Å². The number of para-hydroxylation sites is 3. The van der Waals surface area contributed by atoms with Crippen LogP contribution in [0.3, 0.4) is 0 Å². The molecule has 0 aliphatic carbocycles. The Morgan fingerprint density at radius 1 is 1.13 bits per heavy atom. The van der Waals surface area contributed by atoms with Crippen LogP contribution in [0.1, 0.15) is 37.1 Å². The van der Waals surface area contributed by atoms with Crippen LogP contribution in [0.5, 0.6) is 0 Å². The number of fused-ring (bicyclic) bond motifs is 2. The second-order valence-electron chi connectivity index (χ2n) is 8.45. The molecule has 3 aromatic rings. The van der Waals surface area contributed by atoms with E-state index in [0.29, 0.717) is 24.6 Å². The molecule has 7 heteroatoms. The van der Waals surface area contributed by atoms with Gasteiger partial charge in [0.2, 0.25) is 11.8 Å². The zero-order valence-electron chi connectivity index (χ0n) is 17.6. The first-order valence-corrected chi connectivity index (χ1v) is 11.7. The minimum absolute atomic E-state index is 0.0492. The molecule has 2 aliphatic heterocycles. The monoisotopic (exact) mass is 434 g/mol. The van der Waals surface area contributed by atoms with E-state index >= 15 is 0 Å². The second kappa shape index (κ2) is 8.40. The number of nitrogens with one attached hydrogen (secondary N) is 1. The lowest BCUT2D eigenvalue weighted by atomic mass is 9.97. The smallest absolute Gasteiger partial charge is 0.241 e. The van der Waals surface area contributed by atoms with Crippen LogP contribution in [0.4, 0.5) is 11.4 Å². The van der Waals surface area contributed by atoms with Gasteiger partial charge in [-0.3, -0.25) is 14.5 Å². The van der Waals surface area contributed by atoms with Gasteiger partial charge in [-0.2, -0.15) is 0 Å². The van der Waals surface area contributed by atoms with Gasteiger partial charge in [0.25, 0.3) is 0 Å². The fourth-order valence-electron chi connectivity index (χ4n) is 4.64. The average molecular weight is 435 g/mol. The highest BCUT2D eigenvalue weighted by Crippen LogP contribution is 2.35. The topological polar surface area (TPSA) is 65.5 Å². The quantitative estimate of drug-likeness (QED) is 0.670. The van der Waals surface area contributed by atoms with E-state index in [1.807, 2.05) is 37.3 Å². The van der Waals surface area contributed by atoms with E-state index in [2.05, 4.69) is 28.4 Å². The Kier molecular flexibility index (Phi) is 5.46. The number of aromatic nitrogens is 1. The summed E-state index contributed by atoms with van der Waals surface area (Å²) in [6.45, 7) is 4.08. The van der Waals surface area contributed by atoms with E-state index in [4.69, 9.17) is 4.98 Å². The largest absolute Gasteiger partial charge is 0.324 e. The number of rotatable bonds is 3. The molecule has 2 amide bonds. The van der Waals surface area contributed by atoms with Crippen LogP contribution in [-0.2, 0) is 9.59 Å². The van der Waals surface area contributed by atoms with E-state index in [-0.39, 0.29) is 17.9 Å². The third-order valence-electron chi connectivity index (χ3n) is 6.23. The SMILES string of the molecule is C[C@H]1CC(=O)Nc2ccccc2N1C(=O)CN1CCC(c2nc3ccccc3s2)CC1. The number of hydrogen-bond donors (Lipinski definition) is 1. The van der Waals surface area contributed by atoms with Crippen LogP contribution in [-0.4, -0.2) is 47.4 Å². The van der Waals surface area contributed by atoms with Gasteiger partial charge in [0.1, 0.15) is 0 Å². The molecule has 6 nitrogen and oxygen atoms in total. The minimum Gasteiger partial charge on any atom is -0.324 e. The summed E-state index contributed by atoms with van der Waals surface area (Å²) in [6.07, 6.45) is 2.33. The number of piperidine rings is 1. The zero-order valence-corrected chi connectivity index (χ0v) is 18.4. The normalized spacial score (nSPS) is 20.4. The third kappa shape index (κ3) is 4.07. The maximum atomic E-state index is 13.3. The summed E-state index contributed by atoms with van der Waals surface area (Å²) in [6, 6.07) is 15.7. The van der Waals surface area contributed by atoms with E-state index in [9.17, 15) is 9.59 Å². The van der Waals surface area contributed by atoms with Gasteiger partial charge >= 0.3 is 0 Å². The molecule has 1 N–H and O–H groups in total. The number of carbonyl (C=O) groups is 2. The van der Waals surface area contributed by atoms with Crippen molar-refractivity contribution in [1.29, 1.82) is 0 Å². The standard InChI is InChI=1S/C24H26N4O2S/c1-16-14-22(29)25-18-6-2-4-8-20(18)28(16)23(30)15-27-12-10-17(11-13-27)24-26-19-7-3-5-9-21(19)31-24/h2-9,16-17H,10-15H2,1H3,(H,25,29)/t16-/m0/s1. The molecular formula is C24H26N4O2S. The molecule has 1 saturated heterocycles. The zero-order chi connectivity index (χ0) is 21.4. The van der Waals surface area contributed by atoms with Gasteiger partial charge < -0.3 is 10.2 Å². The minimum atomic E-state index is -0.170. The lowest BCUT2D eigenvalue weighted by molar-refractivity contribution is -0.120. The fourth-order valence-corrected chi connectivity index (χ4v) is 5.77. The molecule has 5 rings (SSSR count). The summed E-state index contributed by atoms with van der Waals surface area (Å²) < 4.78 is 1.24. The molecule has 2 aromatic carbocycles. The molecule has 0 spiro atoms. The van der Waals surface area contributed by atoms with Crippen LogP contribution in [0.2, 0.25) is 0 Å². The van der Waals surface area contributed by atoms with E-state index in [1.54, 1.807) is 16.2 Å². The first-order chi connectivity index (χ1) is 15.1. The van der Waals surface area contributed by atoms with Crippen LogP contribution in [0.15, 0.2) is 48.5 Å². The van der Waals surface area contributed by atoms with Crippen molar-refractivity contribution in [3.63, 3.8) is 0 Å². The summed E-state index contributed by atoms with van der Waals surface area (Å²) in [5, 5.41) is 4.14. The molecule has 160 valence electrons. The van der Waals surface area contributed by atoms with Crippen molar-refractivity contribution in [2.45, 2.75) is 38.1 Å². The van der Waals surface area contributed by atoms with Gasteiger partial charge in [-0.15, -0.1) is 11.3 Å². The Balaban J connectivity index is 1.26. The maximum absolute atomic E-state index is 13.3. The van der Waals surface area contributed by atoms with Gasteiger partial charge in [0.15, 0.2) is 0 Å². The number of nitrogens with zero attached hydrogens (tertiary/aromatic N) is 3. The van der Waals surface area contributed by atoms with Crippen LogP contribution < -0.4 is 10.2 Å². The molecule has 3 heterocycles. The maximum Gasteiger partial charge on any atom is 0.241 e. The highest BCUT2D eigenvalue weighted by molar-refractivity contribution is 7.18. The molecule has 1 fully saturated rings. The molecule has 0 saturated carbocycles. The molecule has 2 aliphatic rings. The van der Waals surface area contributed by atoms with Crippen molar-refractivity contribution < 1.29 is 9.59 Å². The Labute approximate surface area is 185 Å². The summed E-state index contributed by atoms with van der Waals surface area (Å²) in [5.41, 5.74) is 2.58. The van der Waals surface area contributed by atoms with Gasteiger partial charge in [0.05, 0.1) is 33.1 Å². The second-order valence-corrected chi connectivity index (χ2v) is 9.51. The van der Waals surface area contributed by atoms with Gasteiger partial charge in [-0.1, -0.05) is 24.3 Å². The Morgan fingerprint density at radius 2 is 1.87 bits per heavy atom. The molecule has 0 radical (unpaired) electrons. The van der Waals surface area contributed by atoms with E-state index < -0.39 is 0 Å². The van der Waals surface area contributed by atoms with Crippen molar-refractivity contribution in [3.05, 3.63) is 53.5 Å². The number of carbonyl (C=O) groups excluding carboxylic acids is 2. The Hall–Kier alpha value is -2.77. The van der Waals surface area contributed by atoms with Crippen molar-refractivity contribution in [3.8, 4) is 0 Å². The number of likely N-dealkylation sites (tertiary alicyclic amines) is 1. The van der Waals surface area contributed by atoms with E-state index in [1.165, 1.54) is 9.71 Å². The first-order valence-electron chi connectivity index (χ1n) is 10.9. The highest BCUT2D eigenvalue weighted by Gasteiger charge is 2.31. The summed E-state index contributed by atoms with van der Waals surface area (Å²) in [7, 11) is 0. The van der Waals surface area contributed by atoms with Gasteiger partial charge in [-0.05, 0) is 57.1 Å². The molecule has 31 heavy (non-hydrogen) atoms. The van der Waals surface area contributed by atoms with Crippen LogP contribution in [0.25, 0.3) is 10.2 Å². The highest BCUT2D eigenvalue weighted by atomic mass is 32.1. The lowest BCUT2D eigenvalue weighted by Crippen LogP contribution is -2.46. The molecule has 1 atom stereocenters. The first kappa shape index (κ1) is 20.2. The molecule has 1 aromatic heterocycles. The number of amides is 2. The Bertz CT molecular complexity index is 1090. The summed E-state index contributed by atoms with van der Waals surface area (Å²) in [4.78, 5) is 34.4. The van der Waals surface area contributed by atoms with Gasteiger partial charge in [0, 0.05) is 18.4 Å². The third-order valence-corrected chi connectivity index (χ3v) is 7.43. The van der Waals surface area contributed by atoms with Crippen molar-refractivity contribution in [2.75, 3.05) is 29.9 Å². The summed E-state index contributed by atoms with van der Waals surface area (Å²) in [5.74, 6) is 0.463. The summed E-state index contributed by atoms with van der Waals surface area (Å²) >= 11 is 1.79. The van der Waals surface area contributed by atoms with Crippen molar-refractivity contribution >= 4 is 44.7 Å². The molecular weight excluding hydrogens is 408 g/mol. The predicted molar refractivity (Wildman–Crippen MR) is 125 cm³/mol. The number of hydrogen-bond acceptors (Lipinski definition) is 5. The Morgan fingerprint density at radius 3 is 2.68 bits per heavy atom. The van der Waals surface area contributed by atoms with Gasteiger partial charge in [-0.25, -0.2) is 4.98 Å². The van der Waals surface area contributed by atoms with Crippen molar-refractivity contribution in [1.82, 2.24) is 9.88 Å². The number of anilines is 2. The number of benzene rings is 2. The lowest BCUT2D eigenvalue weighted by Gasteiger charge is -2.34. The van der Waals surface area contributed by atoms with Crippen LogP contribution >= 0.6 is 11.3 Å². The predicted octanol–water partition coefficient (Wildman–Crippen LogP) is 4.24. The fraction of sp³-hybridized carbons (Fsp3) is 0.375. The molecule has 0 unspecified atom stereocenters. The average Bonchev–Trinajstić information content (AvgIpc) is 3.14.